The first kappa shape index (κ1) is 11.2. The number of carbonyl (C=O) groups is 1. The van der Waals surface area contributed by atoms with Crippen molar-refractivity contribution in [1.29, 1.82) is 0 Å². The zero-order chi connectivity index (χ0) is 11.1. The highest BCUT2D eigenvalue weighted by molar-refractivity contribution is 5.85. The van der Waals surface area contributed by atoms with Gasteiger partial charge in [0.15, 0.2) is 0 Å². The zero-order valence-corrected chi connectivity index (χ0v) is 8.68. The second kappa shape index (κ2) is 5.81. The zero-order valence-electron chi connectivity index (χ0n) is 8.68. The molecule has 1 rings (SSSR count). The summed E-state index contributed by atoms with van der Waals surface area (Å²) in [5.74, 6) is -0.926. The van der Waals surface area contributed by atoms with Gasteiger partial charge in [-0.15, -0.1) is 0 Å². The van der Waals surface area contributed by atoms with Crippen molar-refractivity contribution in [2.24, 2.45) is 0 Å². The van der Waals surface area contributed by atoms with Crippen LogP contribution in [0.25, 0.3) is 12.2 Å². The summed E-state index contributed by atoms with van der Waals surface area (Å²) in [6.45, 7) is 2.07. The summed E-state index contributed by atoms with van der Waals surface area (Å²) in [5.41, 5.74) is 1.99. The quantitative estimate of drug-likeness (QED) is 0.761. The number of hydrogen-bond donors (Lipinski definition) is 1. The van der Waals surface area contributed by atoms with Crippen molar-refractivity contribution in [2.75, 3.05) is 0 Å². The van der Waals surface area contributed by atoms with Crippen molar-refractivity contribution in [2.45, 2.75) is 13.3 Å². The van der Waals surface area contributed by atoms with Gasteiger partial charge in [-0.3, -0.25) is 0 Å². The summed E-state index contributed by atoms with van der Waals surface area (Å²) in [5, 5.41) is 8.48. The highest BCUT2D eigenvalue weighted by Gasteiger charge is 1.90. The summed E-state index contributed by atoms with van der Waals surface area (Å²) < 4.78 is 0. The van der Waals surface area contributed by atoms with Gasteiger partial charge < -0.3 is 5.11 Å². The second-order valence-corrected chi connectivity index (χ2v) is 3.15. The fourth-order valence-corrected chi connectivity index (χ4v) is 1.19. The molecule has 2 heteroatoms. The van der Waals surface area contributed by atoms with Gasteiger partial charge in [0.25, 0.3) is 0 Å². The highest BCUT2D eigenvalue weighted by Crippen LogP contribution is 2.09. The Kier molecular flexibility index (Phi) is 4.35. The maximum Gasteiger partial charge on any atom is 0.328 e. The van der Waals surface area contributed by atoms with E-state index in [1.54, 1.807) is 6.08 Å². The lowest BCUT2D eigenvalue weighted by atomic mass is 10.1. The molecule has 1 aromatic carbocycles. The average Bonchev–Trinajstić information content (AvgIpc) is 2.24. The van der Waals surface area contributed by atoms with Crippen LogP contribution in [0.2, 0.25) is 0 Å². The molecule has 0 fully saturated rings. The van der Waals surface area contributed by atoms with E-state index in [4.69, 9.17) is 5.11 Å². The monoisotopic (exact) mass is 202 g/mol. The molecule has 0 heterocycles. The van der Waals surface area contributed by atoms with Crippen LogP contribution in [0.1, 0.15) is 24.5 Å². The van der Waals surface area contributed by atoms with Gasteiger partial charge in [-0.05, 0) is 29.7 Å². The lowest BCUT2D eigenvalue weighted by molar-refractivity contribution is -0.131. The number of benzene rings is 1. The van der Waals surface area contributed by atoms with E-state index in [1.165, 1.54) is 0 Å². The summed E-state index contributed by atoms with van der Waals surface area (Å²) >= 11 is 0. The number of carboxylic acids is 1. The Morgan fingerprint density at radius 2 is 2.00 bits per heavy atom. The highest BCUT2D eigenvalue weighted by atomic mass is 16.4. The molecule has 1 N–H and O–H groups in total. The van der Waals surface area contributed by atoms with E-state index in [1.807, 2.05) is 30.3 Å². The van der Waals surface area contributed by atoms with Crippen LogP contribution in [0.4, 0.5) is 0 Å². The van der Waals surface area contributed by atoms with Gasteiger partial charge in [0.05, 0.1) is 0 Å². The molecular weight excluding hydrogens is 188 g/mol. The Bertz CT molecular complexity index is 389. The number of rotatable bonds is 4. The van der Waals surface area contributed by atoms with Gasteiger partial charge in [-0.25, -0.2) is 4.79 Å². The molecule has 0 radical (unpaired) electrons. The number of aliphatic carboxylic acids is 1. The number of hydrogen-bond acceptors (Lipinski definition) is 1. The minimum absolute atomic E-state index is 0.899. The Morgan fingerprint density at radius 1 is 1.33 bits per heavy atom. The standard InChI is InChI=1S/C13H14O2/c1-2-3-5-11-6-4-7-12(10-11)8-9-13(14)15/h3-10H,2H2,1H3,(H,14,15). The normalized spacial score (nSPS) is 11.3. The molecule has 15 heavy (non-hydrogen) atoms. The topological polar surface area (TPSA) is 37.3 Å². The van der Waals surface area contributed by atoms with Crippen molar-refractivity contribution in [3.8, 4) is 0 Å². The summed E-state index contributed by atoms with van der Waals surface area (Å²) in [7, 11) is 0. The van der Waals surface area contributed by atoms with E-state index >= 15 is 0 Å². The molecule has 0 bridgehead atoms. The maximum atomic E-state index is 10.3. The molecule has 78 valence electrons. The van der Waals surface area contributed by atoms with Gasteiger partial charge in [0, 0.05) is 6.08 Å². The Balaban J connectivity index is 2.83. The van der Waals surface area contributed by atoms with Crippen molar-refractivity contribution in [3.05, 3.63) is 47.5 Å². The van der Waals surface area contributed by atoms with Crippen LogP contribution in [0, 0.1) is 0 Å². The fourth-order valence-electron chi connectivity index (χ4n) is 1.19. The molecule has 0 saturated heterocycles. The minimum Gasteiger partial charge on any atom is -0.478 e. The molecule has 0 unspecified atom stereocenters. The Hall–Kier alpha value is -1.83. The smallest absolute Gasteiger partial charge is 0.328 e. The second-order valence-electron chi connectivity index (χ2n) is 3.15. The van der Waals surface area contributed by atoms with Gasteiger partial charge in [0.1, 0.15) is 0 Å². The molecular formula is C13H14O2. The SMILES string of the molecule is CCC=Cc1cccc(C=CC(=O)O)c1. The van der Waals surface area contributed by atoms with Gasteiger partial charge >= 0.3 is 5.97 Å². The first-order valence-electron chi connectivity index (χ1n) is 4.90. The first-order valence-corrected chi connectivity index (χ1v) is 4.90. The van der Waals surface area contributed by atoms with Crippen LogP contribution in [0.15, 0.2) is 36.4 Å². The molecule has 0 aliphatic heterocycles. The molecule has 2 nitrogen and oxygen atoms in total. The lowest BCUT2D eigenvalue weighted by Crippen LogP contribution is -1.85. The van der Waals surface area contributed by atoms with Gasteiger partial charge in [0.2, 0.25) is 0 Å². The Labute approximate surface area is 89.6 Å². The third-order valence-electron chi connectivity index (χ3n) is 1.88. The van der Waals surface area contributed by atoms with Crippen LogP contribution in [0.5, 0.6) is 0 Å². The van der Waals surface area contributed by atoms with Crippen molar-refractivity contribution in [3.63, 3.8) is 0 Å². The fraction of sp³-hybridized carbons (Fsp3) is 0.154. The maximum absolute atomic E-state index is 10.3. The lowest BCUT2D eigenvalue weighted by Gasteiger charge is -1.95. The van der Waals surface area contributed by atoms with Crippen LogP contribution < -0.4 is 0 Å². The van der Waals surface area contributed by atoms with Crippen LogP contribution in [0.3, 0.4) is 0 Å². The van der Waals surface area contributed by atoms with Crippen LogP contribution in [-0.2, 0) is 4.79 Å². The molecule has 0 saturated carbocycles. The largest absolute Gasteiger partial charge is 0.478 e. The first-order chi connectivity index (χ1) is 7.22. The third-order valence-corrected chi connectivity index (χ3v) is 1.88. The molecule has 0 spiro atoms. The van der Waals surface area contributed by atoms with E-state index in [0.717, 1.165) is 23.6 Å². The predicted molar refractivity (Wildman–Crippen MR) is 62.4 cm³/mol. The number of allylic oxidation sites excluding steroid dienone is 1. The van der Waals surface area contributed by atoms with Crippen molar-refractivity contribution >= 4 is 18.1 Å². The predicted octanol–water partition coefficient (Wildman–Crippen LogP) is 3.21. The van der Waals surface area contributed by atoms with Crippen LogP contribution in [-0.4, -0.2) is 11.1 Å². The molecule has 0 aliphatic carbocycles. The Morgan fingerprint density at radius 3 is 2.60 bits per heavy atom. The van der Waals surface area contributed by atoms with Crippen molar-refractivity contribution < 1.29 is 9.90 Å². The van der Waals surface area contributed by atoms with Gasteiger partial charge in [-0.1, -0.05) is 37.3 Å². The van der Waals surface area contributed by atoms with E-state index in [-0.39, 0.29) is 0 Å². The molecule has 0 atom stereocenters. The van der Waals surface area contributed by atoms with Crippen molar-refractivity contribution in [1.82, 2.24) is 0 Å². The molecule has 0 amide bonds. The van der Waals surface area contributed by atoms with E-state index in [0.29, 0.717) is 0 Å². The van der Waals surface area contributed by atoms with E-state index in [9.17, 15) is 4.79 Å². The summed E-state index contributed by atoms with van der Waals surface area (Å²) in [4.78, 5) is 10.3. The minimum atomic E-state index is -0.926. The molecule has 0 aromatic heterocycles. The molecule has 1 aromatic rings. The van der Waals surface area contributed by atoms with E-state index < -0.39 is 5.97 Å². The van der Waals surface area contributed by atoms with E-state index in [2.05, 4.69) is 13.0 Å². The summed E-state index contributed by atoms with van der Waals surface area (Å²) in [6.07, 6.45) is 7.82. The van der Waals surface area contributed by atoms with Crippen LogP contribution >= 0.6 is 0 Å². The number of carboxylic acid groups (broad SMARTS) is 1. The summed E-state index contributed by atoms with van der Waals surface area (Å²) in [6, 6.07) is 7.73. The van der Waals surface area contributed by atoms with Gasteiger partial charge in [-0.2, -0.15) is 0 Å². The molecule has 0 aliphatic rings. The average molecular weight is 202 g/mol. The third kappa shape index (κ3) is 4.27.